The summed E-state index contributed by atoms with van der Waals surface area (Å²) in [7, 11) is -3.59. The molecule has 0 unspecified atom stereocenters. The molecule has 0 bridgehead atoms. The van der Waals surface area contributed by atoms with Gasteiger partial charge in [0.25, 0.3) is 0 Å². The molecule has 24 heavy (non-hydrogen) atoms. The van der Waals surface area contributed by atoms with Gasteiger partial charge in [0.2, 0.25) is 10.0 Å². The van der Waals surface area contributed by atoms with E-state index in [4.69, 9.17) is 0 Å². The van der Waals surface area contributed by atoms with Crippen LogP contribution < -0.4 is 4.72 Å². The van der Waals surface area contributed by atoms with E-state index in [1.807, 2.05) is 0 Å². The van der Waals surface area contributed by atoms with Crippen LogP contribution in [0.5, 0.6) is 0 Å². The van der Waals surface area contributed by atoms with Crippen molar-refractivity contribution in [1.29, 1.82) is 0 Å². The van der Waals surface area contributed by atoms with E-state index < -0.39 is 21.7 Å². The highest BCUT2D eigenvalue weighted by Crippen LogP contribution is 2.38. The zero-order valence-electron chi connectivity index (χ0n) is 12.3. The van der Waals surface area contributed by atoms with E-state index in [-0.39, 0.29) is 16.4 Å². The fourth-order valence-electron chi connectivity index (χ4n) is 2.24. The molecule has 0 spiro atoms. The Morgan fingerprint density at radius 2 is 1.79 bits per heavy atom. The predicted octanol–water partition coefficient (Wildman–Crippen LogP) is 3.70. The maximum Gasteiger partial charge on any atom is 0.229 e. The van der Waals surface area contributed by atoms with E-state index in [0.29, 0.717) is 16.0 Å². The minimum atomic E-state index is -3.59. The summed E-state index contributed by atoms with van der Waals surface area (Å²) in [5, 5.41) is 0. The summed E-state index contributed by atoms with van der Waals surface area (Å²) in [6.07, 6.45) is 3.96. The molecule has 2 aromatic rings. The van der Waals surface area contributed by atoms with Gasteiger partial charge in [0.05, 0.1) is 11.9 Å². The fourth-order valence-corrected chi connectivity index (χ4v) is 3.81. The SMILES string of the molecule is CS(=O)(=O)Nc1cc2c(cc1Sc1ccc(F)cc1F)C=CC2=O. The minimum Gasteiger partial charge on any atom is -0.289 e. The number of carbonyl (C=O) groups excluding carboxylic acids is 1. The molecule has 0 heterocycles. The van der Waals surface area contributed by atoms with Crippen LogP contribution in [0.1, 0.15) is 15.9 Å². The number of ketones is 1. The number of sulfonamides is 1. The van der Waals surface area contributed by atoms with Gasteiger partial charge in [-0.1, -0.05) is 17.8 Å². The van der Waals surface area contributed by atoms with Crippen molar-refractivity contribution in [3.63, 3.8) is 0 Å². The van der Waals surface area contributed by atoms with E-state index in [0.717, 1.165) is 30.2 Å². The van der Waals surface area contributed by atoms with Crippen LogP contribution in [0.3, 0.4) is 0 Å². The molecule has 0 aromatic heterocycles. The van der Waals surface area contributed by atoms with Crippen LogP contribution in [0.2, 0.25) is 0 Å². The van der Waals surface area contributed by atoms with Crippen molar-refractivity contribution in [3.8, 4) is 0 Å². The molecule has 8 heteroatoms. The molecule has 0 radical (unpaired) electrons. The average Bonchev–Trinajstić information content (AvgIpc) is 2.81. The van der Waals surface area contributed by atoms with Crippen molar-refractivity contribution in [2.45, 2.75) is 9.79 Å². The number of hydrogen-bond donors (Lipinski definition) is 1. The summed E-state index contributed by atoms with van der Waals surface area (Å²) in [4.78, 5) is 12.3. The van der Waals surface area contributed by atoms with Crippen molar-refractivity contribution < 1.29 is 22.0 Å². The van der Waals surface area contributed by atoms with Gasteiger partial charge in [0, 0.05) is 21.4 Å². The van der Waals surface area contributed by atoms with E-state index in [2.05, 4.69) is 4.72 Å². The van der Waals surface area contributed by atoms with Crippen molar-refractivity contribution in [1.82, 2.24) is 0 Å². The Labute approximate surface area is 141 Å². The molecule has 3 rings (SSSR count). The first-order valence-electron chi connectivity index (χ1n) is 6.74. The lowest BCUT2D eigenvalue weighted by Crippen LogP contribution is -2.11. The predicted molar refractivity (Wildman–Crippen MR) is 88.8 cm³/mol. The van der Waals surface area contributed by atoms with Crippen LogP contribution in [0.25, 0.3) is 6.08 Å². The Morgan fingerprint density at radius 1 is 1.04 bits per heavy atom. The van der Waals surface area contributed by atoms with E-state index >= 15 is 0 Å². The molecular weight excluding hydrogens is 356 g/mol. The first kappa shape index (κ1) is 16.7. The van der Waals surface area contributed by atoms with Crippen LogP contribution in [-0.2, 0) is 10.0 Å². The summed E-state index contributed by atoms with van der Waals surface area (Å²) in [6.45, 7) is 0. The van der Waals surface area contributed by atoms with Gasteiger partial charge < -0.3 is 0 Å². The molecule has 1 aliphatic carbocycles. The molecule has 124 valence electrons. The smallest absolute Gasteiger partial charge is 0.229 e. The Kier molecular flexibility index (Phi) is 4.18. The highest BCUT2D eigenvalue weighted by Gasteiger charge is 2.20. The molecule has 0 amide bonds. The zero-order valence-corrected chi connectivity index (χ0v) is 14.0. The van der Waals surface area contributed by atoms with Gasteiger partial charge >= 0.3 is 0 Å². The quantitative estimate of drug-likeness (QED) is 0.895. The van der Waals surface area contributed by atoms with Gasteiger partial charge in [-0.3, -0.25) is 9.52 Å². The second-order valence-corrected chi connectivity index (χ2v) is 8.02. The number of rotatable bonds is 4. The van der Waals surface area contributed by atoms with E-state index in [1.54, 1.807) is 12.1 Å². The highest BCUT2D eigenvalue weighted by atomic mass is 32.2. The van der Waals surface area contributed by atoms with Gasteiger partial charge in [-0.25, -0.2) is 17.2 Å². The molecule has 0 saturated carbocycles. The lowest BCUT2D eigenvalue weighted by atomic mass is 10.1. The maximum atomic E-state index is 13.9. The fraction of sp³-hybridized carbons (Fsp3) is 0.0625. The molecule has 4 nitrogen and oxygen atoms in total. The number of benzene rings is 2. The highest BCUT2D eigenvalue weighted by molar-refractivity contribution is 7.99. The second kappa shape index (κ2) is 6.03. The summed E-state index contributed by atoms with van der Waals surface area (Å²) in [6, 6.07) is 6.16. The number of nitrogens with one attached hydrogen (secondary N) is 1. The molecule has 1 N–H and O–H groups in total. The lowest BCUT2D eigenvalue weighted by Gasteiger charge is -2.13. The summed E-state index contributed by atoms with van der Waals surface area (Å²) < 4.78 is 52.3. The monoisotopic (exact) mass is 367 g/mol. The van der Waals surface area contributed by atoms with Gasteiger partial charge in [0.15, 0.2) is 5.78 Å². The number of hydrogen-bond acceptors (Lipinski definition) is 4. The van der Waals surface area contributed by atoms with Crippen molar-refractivity contribution in [2.24, 2.45) is 0 Å². The van der Waals surface area contributed by atoms with Crippen LogP contribution in [0.15, 0.2) is 46.2 Å². The third-order valence-electron chi connectivity index (χ3n) is 3.24. The van der Waals surface area contributed by atoms with Gasteiger partial charge in [-0.2, -0.15) is 0 Å². The largest absolute Gasteiger partial charge is 0.289 e. The number of allylic oxidation sites excluding steroid dienone is 1. The van der Waals surface area contributed by atoms with E-state index in [9.17, 15) is 22.0 Å². The van der Waals surface area contributed by atoms with E-state index in [1.165, 1.54) is 18.2 Å². The molecule has 0 atom stereocenters. The molecule has 0 saturated heterocycles. The minimum absolute atomic E-state index is 0.140. The first-order chi connectivity index (χ1) is 11.2. The topological polar surface area (TPSA) is 63.2 Å². The molecule has 2 aromatic carbocycles. The Bertz CT molecular complexity index is 985. The third kappa shape index (κ3) is 3.49. The molecule has 1 aliphatic rings. The number of fused-ring (bicyclic) bond motifs is 1. The zero-order chi connectivity index (χ0) is 17.5. The Balaban J connectivity index is 2.08. The number of halogens is 2. The van der Waals surface area contributed by atoms with Crippen molar-refractivity contribution in [3.05, 3.63) is 59.2 Å². The Hall–Kier alpha value is -2.19. The van der Waals surface area contributed by atoms with Crippen LogP contribution in [0.4, 0.5) is 14.5 Å². The summed E-state index contributed by atoms with van der Waals surface area (Å²) in [5.74, 6) is -1.68. The summed E-state index contributed by atoms with van der Waals surface area (Å²) in [5.41, 5.74) is 1.15. The number of anilines is 1. The third-order valence-corrected chi connectivity index (χ3v) is 4.94. The summed E-state index contributed by atoms with van der Waals surface area (Å²) >= 11 is 0.944. The molecule has 0 aliphatic heterocycles. The van der Waals surface area contributed by atoms with Gasteiger partial charge in [0.1, 0.15) is 11.6 Å². The standard InChI is InChI=1S/C16H11F2NO3S2/c1-24(21,22)19-13-8-11-9(2-4-14(11)20)6-16(13)23-15-5-3-10(17)7-12(15)18/h2-8,19H,1H3. The number of carbonyl (C=O) groups is 1. The molecular formula is C16H11F2NO3S2. The average molecular weight is 367 g/mol. The maximum absolute atomic E-state index is 13.9. The van der Waals surface area contributed by atoms with Crippen molar-refractivity contribution >= 4 is 39.3 Å². The first-order valence-corrected chi connectivity index (χ1v) is 9.45. The molecule has 0 fully saturated rings. The second-order valence-electron chi connectivity index (χ2n) is 5.18. The Morgan fingerprint density at radius 3 is 2.46 bits per heavy atom. The van der Waals surface area contributed by atoms with Crippen LogP contribution in [-0.4, -0.2) is 20.5 Å². The van der Waals surface area contributed by atoms with Gasteiger partial charge in [-0.05, 0) is 35.9 Å². The van der Waals surface area contributed by atoms with Crippen molar-refractivity contribution in [2.75, 3.05) is 11.0 Å². The van der Waals surface area contributed by atoms with Crippen LogP contribution >= 0.6 is 11.8 Å². The lowest BCUT2D eigenvalue weighted by molar-refractivity contribution is 0.105. The normalized spacial score (nSPS) is 13.2. The van der Waals surface area contributed by atoms with Gasteiger partial charge in [-0.15, -0.1) is 0 Å². The van der Waals surface area contributed by atoms with Crippen LogP contribution in [0, 0.1) is 11.6 Å².